The number of ether oxygens (including phenoxy) is 2. The van der Waals surface area contributed by atoms with E-state index in [0.717, 1.165) is 0 Å². The number of hydrogen-bond donors (Lipinski definition) is 1. The number of esters is 1. The Labute approximate surface area is 120 Å². The van der Waals surface area contributed by atoms with Gasteiger partial charge in [0.1, 0.15) is 5.69 Å². The minimum Gasteiger partial charge on any atom is -0.492 e. The van der Waals surface area contributed by atoms with Gasteiger partial charge < -0.3 is 9.47 Å². The van der Waals surface area contributed by atoms with E-state index >= 15 is 0 Å². The third-order valence-electron chi connectivity index (χ3n) is 2.69. The Hall–Kier alpha value is -2.88. The van der Waals surface area contributed by atoms with Crippen LogP contribution in [0, 0.1) is 18.2 Å². The first-order valence-corrected chi connectivity index (χ1v) is 6.04. The van der Waals surface area contributed by atoms with Gasteiger partial charge in [-0.05, 0) is 19.1 Å². The van der Waals surface area contributed by atoms with E-state index in [4.69, 9.17) is 15.9 Å². The van der Waals surface area contributed by atoms with Crippen LogP contribution >= 0.6 is 0 Å². The number of halogens is 1. The van der Waals surface area contributed by atoms with Gasteiger partial charge >= 0.3 is 5.97 Å². The maximum atomic E-state index is 14.0. The first-order valence-electron chi connectivity index (χ1n) is 6.04. The number of aromatic amines is 1. The van der Waals surface area contributed by atoms with Crippen LogP contribution in [-0.2, 0) is 4.74 Å². The molecule has 0 amide bonds. The molecule has 0 atom stereocenters. The van der Waals surface area contributed by atoms with Gasteiger partial charge in [-0.2, -0.15) is 10.3 Å². The molecule has 108 valence electrons. The third kappa shape index (κ3) is 2.69. The van der Waals surface area contributed by atoms with Crippen molar-refractivity contribution >= 4 is 5.97 Å². The van der Waals surface area contributed by atoms with Crippen molar-refractivity contribution in [2.45, 2.75) is 6.92 Å². The SMILES string of the molecule is C#Cc1cc(-c2n[nH]nc2C(=O)OCC)cc(F)c1OC. The Morgan fingerprint density at radius 3 is 2.86 bits per heavy atom. The quantitative estimate of drug-likeness (QED) is 0.685. The zero-order chi connectivity index (χ0) is 15.4. The Kier molecular flexibility index (Phi) is 4.18. The van der Waals surface area contributed by atoms with E-state index < -0.39 is 11.8 Å². The highest BCUT2D eigenvalue weighted by Crippen LogP contribution is 2.29. The molecule has 1 aromatic heterocycles. The Balaban J connectivity index is 2.54. The fourth-order valence-electron chi connectivity index (χ4n) is 1.82. The number of terminal acetylenes is 1. The molecule has 2 rings (SSSR count). The summed E-state index contributed by atoms with van der Waals surface area (Å²) in [5, 5.41) is 9.89. The average Bonchev–Trinajstić information content (AvgIpc) is 2.96. The fourth-order valence-corrected chi connectivity index (χ4v) is 1.82. The Morgan fingerprint density at radius 2 is 2.24 bits per heavy atom. The molecule has 6 nitrogen and oxygen atoms in total. The lowest BCUT2D eigenvalue weighted by molar-refractivity contribution is 0.0520. The summed E-state index contributed by atoms with van der Waals surface area (Å²) in [6.45, 7) is 1.86. The summed E-state index contributed by atoms with van der Waals surface area (Å²) in [5.41, 5.74) is 0.638. The van der Waals surface area contributed by atoms with Crippen molar-refractivity contribution in [2.75, 3.05) is 13.7 Å². The van der Waals surface area contributed by atoms with Crippen molar-refractivity contribution in [3.8, 4) is 29.4 Å². The summed E-state index contributed by atoms with van der Waals surface area (Å²) in [6.07, 6.45) is 5.33. The van der Waals surface area contributed by atoms with E-state index in [9.17, 15) is 9.18 Å². The number of methoxy groups -OCH3 is 1. The van der Waals surface area contributed by atoms with Crippen molar-refractivity contribution in [3.05, 3.63) is 29.2 Å². The van der Waals surface area contributed by atoms with Crippen LogP contribution in [0.5, 0.6) is 5.75 Å². The molecule has 0 saturated heterocycles. The van der Waals surface area contributed by atoms with Crippen LogP contribution in [0.1, 0.15) is 23.0 Å². The molecule has 7 heteroatoms. The molecule has 0 unspecified atom stereocenters. The molecule has 0 spiro atoms. The fraction of sp³-hybridized carbons (Fsp3) is 0.214. The van der Waals surface area contributed by atoms with E-state index in [1.165, 1.54) is 19.2 Å². The van der Waals surface area contributed by atoms with E-state index in [2.05, 4.69) is 21.3 Å². The molecule has 0 fully saturated rings. The van der Waals surface area contributed by atoms with Gasteiger partial charge in [0.2, 0.25) is 0 Å². The first-order chi connectivity index (χ1) is 10.1. The smallest absolute Gasteiger partial charge is 0.361 e. The van der Waals surface area contributed by atoms with Crippen molar-refractivity contribution in [1.29, 1.82) is 0 Å². The summed E-state index contributed by atoms with van der Waals surface area (Å²) in [6, 6.07) is 2.66. The average molecular weight is 289 g/mol. The monoisotopic (exact) mass is 289 g/mol. The van der Waals surface area contributed by atoms with Crippen LogP contribution in [0.4, 0.5) is 4.39 Å². The summed E-state index contributed by atoms with van der Waals surface area (Å²) in [4.78, 5) is 11.8. The molecule has 1 aromatic carbocycles. The van der Waals surface area contributed by atoms with Gasteiger partial charge in [0.25, 0.3) is 0 Å². The summed E-state index contributed by atoms with van der Waals surface area (Å²) in [7, 11) is 1.32. The van der Waals surface area contributed by atoms with Gasteiger partial charge in [-0.1, -0.05) is 5.92 Å². The lowest BCUT2D eigenvalue weighted by Crippen LogP contribution is -2.07. The molecule has 0 aliphatic rings. The molecule has 0 aliphatic heterocycles. The van der Waals surface area contributed by atoms with Crippen molar-refractivity contribution in [3.63, 3.8) is 0 Å². The Morgan fingerprint density at radius 1 is 1.48 bits per heavy atom. The summed E-state index contributed by atoms with van der Waals surface area (Å²) < 4.78 is 23.7. The first kappa shape index (κ1) is 14.5. The van der Waals surface area contributed by atoms with Gasteiger partial charge in [0, 0.05) is 5.56 Å². The van der Waals surface area contributed by atoms with Gasteiger partial charge in [-0.3, -0.25) is 0 Å². The standard InChI is InChI=1S/C14H12FN3O3/c1-4-8-6-9(7-10(15)13(8)20-3)11-12(17-18-16-11)14(19)21-5-2/h1,6-7H,5H2,2-3H3,(H,16,17,18). The van der Waals surface area contributed by atoms with E-state index in [1.54, 1.807) is 6.92 Å². The van der Waals surface area contributed by atoms with Gasteiger partial charge in [-0.25, -0.2) is 9.18 Å². The largest absolute Gasteiger partial charge is 0.492 e. The van der Waals surface area contributed by atoms with Crippen molar-refractivity contribution in [2.24, 2.45) is 0 Å². The van der Waals surface area contributed by atoms with Gasteiger partial charge in [0.05, 0.1) is 19.3 Å². The zero-order valence-corrected chi connectivity index (χ0v) is 11.4. The van der Waals surface area contributed by atoms with Crippen molar-refractivity contribution < 1.29 is 18.7 Å². The number of carbonyl (C=O) groups is 1. The number of H-pyrrole nitrogens is 1. The molecule has 1 heterocycles. The Bertz CT molecular complexity index is 719. The summed E-state index contributed by atoms with van der Waals surface area (Å²) in [5.74, 6) is 0.979. The highest BCUT2D eigenvalue weighted by atomic mass is 19.1. The number of hydrogen-bond acceptors (Lipinski definition) is 5. The molecule has 0 aliphatic carbocycles. The minimum absolute atomic E-state index is 0.0376. The minimum atomic E-state index is -0.653. The van der Waals surface area contributed by atoms with Gasteiger partial charge in [0.15, 0.2) is 17.3 Å². The lowest BCUT2D eigenvalue weighted by Gasteiger charge is -2.07. The van der Waals surface area contributed by atoms with E-state index in [0.29, 0.717) is 5.56 Å². The van der Waals surface area contributed by atoms with E-state index in [1.807, 2.05) is 0 Å². The highest BCUT2D eigenvalue weighted by molar-refractivity contribution is 5.94. The van der Waals surface area contributed by atoms with Crippen LogP contribution in [0.2, 0.25) is 0 Å². The number of nitrogens with zero attached hydrogens (tertiary/aromatic N) is 2. The molecule has 0 saturated carbocycles. The predicted molar refractivity (Wildman–Crippen MR) is 72.2 cm³/mol. The number of carbonyl (C=O) groups excluding carboxylic acids is 1. The molecule has 0 bridgehead atoms. The van der Waals surface area contributed by atoms with Crippen LogP contribution in [0.15, 0.2) is 12.1 Å². The van der Waals surface area contributed by atoms with E-state index in [-0.39, 0.29) is 29.3 Å². The number of aromatic nitrogens is 3. The second kappa shape index (κ2) is 6.05. The number of benzene rings is 1. The second-order valence-electron chi connectivity index (χ2n) is 3.92. The van der Waals surface area contributed by atoms with Crippen molar-refractivity contribution in [1.82, 2.24) is 15.4 Å². The molecule has 21 heavy (non-hydrogen) atoms. The molecule has 2 aromatic rings. The maximum Gasteiger partial charge on any atom is 0.361 e. The number of rotatable bonds is 4. The van der Waals surface area contributed by atoms with Gasteiger partial charge in [-0.15, -0.1) is 11.5 Å². The highest BCUT2D eigenvalue weighted by Gasteiger charge is 2.21. The second-order valence-corrected chi connectivity index (χ2v) is 3.92. The normalized spacial score (nSPS) is 10.0. The van der Waals surface area contributed by atoms with Crippen LogP contribution < -0.4 is 4.74 Å². The summed E-state index contributed by atoms with van der Waals surface area (Å²) >= 11 is 0. The molecule has 0 radical (unpaired) electrons. The van der Waals surface area contributed by atoms with Crippen LogP contribution in [-0.4, -0.2) is 35.1 Å². The van der Waals surface area contributed by atoms with Crippen LogP contribution in [0.25, 0.3) is 11.3 Å². The van der Waals surface area contributed by atoms with Crippen LogP contribution in [0.3, 0.4) is 0 Å². The molecular formula is C14H12FN3O3. The zero-order valence-electron chi connectivity index (χ0n) is 11.4. The lowest BCUT2D eigenvalue weighted by atomic mass is 10.1. The maximum absolute atomic E-state index is 14.0. The third-order valence-corrected chi connectivity index (χ3v) is 2.69. The topological polar surface area (TPSA) is 77.1 Å². The molecular weight excluding hydrogens is 277 g/mol. The molecule has 1 N–H and O–H groups in total. The number of nitrogens with one attached hydrogen (secondary N) is 1. The predicted octanol–water partition coefficient (Wildman–Crippen LogP) is 1.78.